The number of carbonyl (C=O) groups excluding carboxylic acids is 1. The van der Waals surface area contributed by atoms with Crippen LogP contribution in [0, 0.1) is 6.92 Å². The number of halogens is 1. The number of amides is 1. The first-order valence-electron chi connectivity index (χ1n) is 10.9. The van der Waals surface area contributed by atoms with E-state index in [1.807, 2.05) is 31.0 Å². The van der Waals surface area contributed by atoms with Crippen LogP contribution < -0.4 is 9.80 Å². The van der Waals surface area contributed by atoms with Gasteiger partial charge in [-0.1, -0.05) is 6.07 Å². The number of imidazole rings is 1. The maximum Gasteiger partial charge on any atom is 0.280 e. The fraction of sp³-hybridized carbons (Fsp3) is 0.292. The van der Waals surface area contributed by atoms with Gasteiger partial charge >= 0.3 is 0 Å². The van der Waals surface area contributed by atoms with E-state index < -0.39 is 6.17 Å². The average Bonchev–Trinajstić information content (AvgIpc) is 3.54. The van der Waals surface area contributed by atoms with Crippen molar-refractivity contribution >= 4 is 28.3 Å². The summed E-state index contributed by atoms with van der Waals surface area (Å²) in [7, 11) is 1.88. The SMILES string of the molecule is Cc1c2c(nn1C)C(=O)N1c3cc4[nH]cnc4cc3-c3cc(N4CCC(F)C4)ccc3C21. The first-order chi connectivity index (χ1) is 15.5. The van der Waals surface area contributed by atoms with Gasteiger partial charge in [-0.3, -0.25) is 14.4 Å². The van der Waals surface area contributed by atoms with Crippen molar-refractivity contribution in [3.8, 4) is 11.1 Å². The maximum atomic E-state index is 13.9. The summed E-state index contributed by atoms with van der Waals surface area (Å²) in [5.41, 5.74) is 9.17. The lowest BCUT2D eigenvalue weighted by atomic mass is 9.86. The Balaban J connectivity index is 1.51. The van der Waals surface area contributed by atoms with Crippen LogP contribution in [-0.4, -0.2) is 44.9 Å². The Labute approximate surface area is 183 Å². The molecule has 8 heteroatoms. The van der Waals surface area contributed by atoms with Crippen LogP contribution in [0.5, 0.6) is 0 Å². The Morgan fingerprint density at radius 1 is 1.19 bits per heavy atom. The minimum atomic E-state index is -0.787. The predicted octanol–water partition coefficient (Wildman–Crippen LogP) is 3.88. The zero-order chi connectivity index (χ0) is 21.7. The van der Waals surface area contributed by atoms with Gasteiger partial charge in [0, 0.05) is 42.6 Å². The van der Waals surface area contributed by atoms with Crippen molar-refractivity contribution in [1.29, 1.82) is 0 Å². The monoisotopic (exact) mass is 428 g/mol. The highest BCUT2D eigenvalue weighted by atomic mass is 19.1. The van der Waals surface area contributed by atoms with Crippen LogP contribution in [0.15, 0.2) is 36.7 Å². The molecule has 0 aliphatic carbocycles. The summed E-state index contributed by atoms with van der Waals surface area (Å²) in [6.45, 7) is 3.14. The van der Waals surface area contributed by atoms with Crippen LogP contribution >= 0.6 is 0 Å². The molecule has 1 amide bonds. The number of aromatic nitrogens is 4. The molecule has 2 aromatic heterocycles. The van der Waals surface area contributed by atoms with E-state index in [-0.39, 0.29) is 11.9 Å². The second-order valence-corrected chi connectivity index (χ2v) is 8.94. The van der Waals surface area contributed by atoms with Crippen molar-refractivity contribution < 1.29 is 9.18 Å². The molecular formula is C24H21FN6O. The Bertz CT molecular complexity index is 1450. The Hall–Kier alpha value is -3.68. The number of nitrogens with zero attached hydrogens (tertiary/aromatic N) is 5. The molecule has 4 aromatic rings. The highest BCUT2D eigenvalue weighted by Crippen LogP contribution is 2.53. The number of rotatable bonds is 1. The second kappa shape index (κ2) is 5.97. The van der Waals surface area contributed by atoms with Crippen molar-refractivity contribution in [1.82, 2.24) is 19.7 Å². The van der Waals surface area contributed by atoms with Crippen LogP contribution in [-0.2, 0) is 7.05 Å². The molecule has 1 saturated heterocycles. The molecule has 0 bridgehead atoms. The van der Waals surface area contributed by atoms with E-state index in [0.717, 1.165) is 50.4 Å². The van der Waals surface area contributed by atoms with Crippen molar-refractivity contribution in [2.24, 2.45) is 7.05 Å². The summed E-state index contributed by atoms with van der Waals surface area (Å²) in [4.78, 5) is 25.1. The quantitative estimate of drug-likeness (QED) is 0.500. The molecular weight excluding hydrogens is 407 g/mol. The molecule has 1 fully saturated rings. The molecule has 2 atom stereocenters. The number of anilines is 2. The number of hydrogen-bond acceptors (Lipinski definition) is 4. The standard InChI is InChI=1S/C24H21FN6O/c1-12-21-22(28-29(12)2)24(32)31-20-9-19-18(26-11-27-19)8-17(20)16-7-14(3-4-15(16)23(21)31)30-6-5-13(25)10-30/h3-4,7-9,11,13,23H,5-6,10H2,1-2H3,(H,26,27). The summed E-state index contributed by atoms with van der Waals surface area (Å²) in [5, 5.41) is 4.54. The van der Waals surface area contributed by atoms with Crippen molar-refractivity contribution in [2.75, 3.05) is 22.9 Å². The van der Waals surface area contributed by atoms with E-state index in [9.17, 15) is 9.18 Å². The van der Waals surface area contributed by atoms with E-state index in [1.165, 1.54) is 0 Å². The number of aromatic amines is 1. The van der Waals surface area contributed by atoms with Crippen LogP contribution in [0.3, 0.4) is 0 Å². The van der Waals surface area contributed by atoms with Crippen molar-refractivity contribution in [3.05, 3.63) is 59.2 Å². The van der Waals surface area contributed by atoms with Crippen molar-refractivity contribution in [2.45, 2.75) is 25.6 Å². The van der Waals surface area contributed by atoms with Crippen LogP contribution in [0.4, 0.5) is 15.8 Å². The molecule has 0 saturated carbocycles. The van der Waals surface area contributed by atoms with E-state index in [1.54, 1.807) is 11.0 Å². The van der Waals surface area contributed by atoms with Crippen LogP contribution in [0.1, 0.15) is 39.8 Å². The summed E-state index contributed by atoms with van der Waals surface area (Å²) in [5.74, 6) is -0.0802. The van der Waals surface area contributed by atoms with Gasteiger partial charge in [0.1, 0.15) is 6.17 Å². The van der Waals surface area contributed by atoms with E-state index in [0.29, 0.717) is 25.2 Å². The zero-order valence-electron chi connectivity index (χ0n) is 17.8. The number of benzene rings is 2. The summed E-state index contributed by atoms with van der Waals surface area (Å²) >= 11 is 0. The number of nitrogens with one attached hydrogen (secondary N) is 1. The van der Waals surface area contributed by atoms with Gasteiger partial charge in [-0.25, -0.2) is 9.37 Å². The number of fused-ring (bicyclic) bond motifs is 9. The molecule has 7 rings (SSSR count). The maximum absolute atomic E-state index is 13.9. The fourth-order valence-corrected chi connectivity index (χ4v) is 5.56. The Morgan fingerprint density at radius 2 is 2.06 bits per heavy atom. The van der Waals surface area contributed by atoms with E-state index in [2.05, 4.69) is 38.2 Å². The lowest BCUT2D eigenvalue weighted by molar-refractivity contribution is 0.0987. The molecule has 7 nitrogen and oxygen atoms in total. The minimum absolute atomic E-state index is 0.0802. The first kappa shape index (κ1) is 17.9. The molecule has 0 spiro atoms. The van der Waals surface area contributed by atoms with Gasteiger partial charge in [0.05, 0.1) is 29.1 Å². The van der Waals surface area contributed by atoms with Crippen LogP contribution in [0.2, 0.25) is 0 Å². The zero-order valence-corrected chi connectivity index (χ0v) is 17.8. The summed E-state index contributed by atoms with van der Waals surface area (Å²) in [6.07, 6.45) is 1.44. The van der Waals surface area contributed by atoms with Gasteiger partial charge in [0.15, 0.2) is 5.69 Å². The predicted molar refractivity (Wildman–Crippen MR) is 120 cm³/mol. The molecule has 32 heavy (non-hydrogen) atoms. The second-order valence-electron chi connectivity index (χ2n) is 8.94. The van der Waals surface area contributed by atoms with Gasteiger partial charge in [-0.2, -0.15) is 5.10 Å². The lowest BCUT2D eigenvalue weighted by Gasteiger charge is -2.35. The molecule has 160 valence electrons. The number of hydrogen-bond donors (Lipinski definition) is 1. The van der Waals surface area contributed by atoms with Gasteiger partial charge in [0.2, 0.25) is 0 Å². The molecule has 3 aliphatic heterocycles. The third-order valence-corrected chi connectivity index (χ3v) is 7.25. The van der Waals surface area contributed by atoms with Gasteiger partial charge in [0.25, 0.3) is 5.91 Å². The summed E-state index contributed by atoms with van der Waals surface area (Å²) in [6, 6.07) is 10.1. The third kappa shape index (κ3) is 2.16. The Kier molecular flexibility index (Phi) is 3.35. The number of aryl methyl sites for hydroxylation is 1. The highest BCUT2D eigenvalue weighted by molar-refractivity contribution is 6.15. The molecule has 3 aliphatic rings. The lowest BCUT2D eigenvalue weighted by Crippen LogP contribution is -2.33. The van der Waals surface area contributed by atoms with E-state index >= 15 is 0 Å². The van der Waals surface area contributed by atoms with Crippen LogP contribution in [0.25, 0.3) is 22.2 Å². The molecule has 1 N–H and O–H groups in total. The Morgan fingerprint density at radius 3 is 2.88 bits per heavy atom. The summed E-state index contributed by atoms with van der Waals surface area (Å²) < 4.78 is 15.7. The van der Waals surface area contributed by atoms with Gasteiger partial charge in [-0.15, -0.1) is 0 Å². The smallest absolute Gasteiger partial charge is 0.280 e. The largest absolute Gasteiger partial charge is 0.368 e. The molecule has 5 heterocycles. The van der Waals surface area contributed by atoms with Gasteiger partial charge < -0.3 is 9.88 Å². The normalized spacial score (nSPS) is 21.2. The fourth-order valence-electron chi connectivity index (χ4n) is 5.56. The van der Waals surface area contributed by atoms with Crippen molar-refractivity contribution in [3.63, 3.8) is 0 Å². The average molecular weight is 428 g/mol. The third-order valence-electron chi connectivity index (χ3n) is 7.25. The van der Waals surface area contributed by atoms with E-state index in [4.69, 9.17) is 0 Å². The topological polar surface area (TPSA) is 70.0 Å². The number of H-pyrrole nitrogens is 1. The number of carbonyl (C=O) groups is 1. The van der Waals surface area contributed by atoms with Gasteiger partial charge in [-0.05, 0) is 48.7 Å². The number of alkyl halides is 1. The minimum Gasteiger partial charge on any atom is -0.368 e. The molecule has 2 unspecified atom stereocenters. The highest BCUT2D eigenvalue weighted by Gasteiger charge is 2.47. The first-order valence-corrected chi connectivity index (χ1v) is 10.9. The molecule has 2 aromatic carbocycles. The molecule has 0 radical (unpaired) electrons.